The minimum Gasteiger partial charge on any atom is -0.345 e. The highest BCUT2D eigenvalue weighted by atomic mass is 35.5. The summed E-state index contributed by atoms with van der Waals surface area (Å²) in [5.74, 6) is 0.692. The van der Waals surface area contributed by atoms with Crippen molar-refractivity contribution in [1.29, 1.82) is 0 Å². The summed E-state index contributed by atoms with van der Waals surface area (Å²) in [5, 5.41) is 0.474. The van der Waals surface area contributed by atoms with Gasteiger partial charge in [-0.1, -0.05) is 41.9 Å². The van der Waals surface area contributed by atoms with Crippen LogP contribution in [-0.2, 0) is 6.18 Å². The average molecular weight is 524 g/mol. The zero-order valence-electron chi connectivity index (χ0n) is 19.9. The van der Waals surface area contributed by atoms with E-state index in [9.17, 15) is 18.0 Å². The van der Waals surface area contributed by atoms with Crippen LogP contribution >= 0.6 is 11.6 Å². The molecule has 0 unspecified atom stereocenters. The topological polar surface area (TPSA) is 56.0 Å². The number of alkyl halides is 3. The van der Waals surface area contributed by atoms with Gasteiger partial charge in [-0.2, -0.15) is 13.2 Å². The van der Waals surface area contributed by atoms with Gasteiger partial charge in [-0.05, 0) is 55.5 Å². The first-order valence-electron chi connectivity index (χ1n) is 11.4. The number of aromatic nitrogens is 4. The number of nitrogens with zero attached hydrogens (tertiary/aromatic N) is 5. The number of anilines is 1. The summed E-state index contributed by atoms with van der Waals surface area (Å²) < 4.78 is 42.8. The highest BCUT2D eigenvalue weighted by Gasteiger charge is 2.30. The third-order valence-corrected chi connectivity index (χ3v) is 6.30. The monoisotopic (exact) mass is 523 g/mol. The molecule has 10 heteroatoms. The fourth-order valence-corrected chi connectivity index (χ4v) is 4.17. The van der Waals surface area contributed by atoms with Crippen molar-refractivity contribution in [3.63, 3.8) is 0 Å². The van der Waals surface area contributed by atoms with Crippen LogP contribution in [0.3, 0.4) is 0 Å². The van der Waals surface area contributed by atoms with Crippen molar-refractivity contribution in [2.24, 2.45) is 0 Å². The molecule has 0 saturated heterocycles. The van der Waals surface area contributed by atoms with E-state index in [1.165, 1.54) is 16.7 Å². The molecule has 6 nitrogen and oxygen atoms in total. The first kappa shape index (κ1) is 24.6. The standard InChI is InChI=1S/C27H21ClF3N5O/c1-3-34(2)26-32-22-24(36(26)20-7-5-4-6-8-20)33-23(17-9-11-18(12-10-17)27(29,30)31)35(25(22)37)21-15-13-19(28)14-16-21/h4-16H,3H2,1-2H3. The number of hydrogen-bond acceptors (Lipinski definition) is 4. The van der Waals surface area contributed by atoms with Crippen molar-refractivity contribution in [2.75, 3.05) is 18.5 Å². The Morgan fingerprint density at radius 2 is 1.49 bits per heavy atom. The molecule has 0 radical (unpaired) electrons. The van der Waals surface area contributed by atoms with Crippen LogP contribution in [0.5, 0.6) is 0 Å². The van der Waals surface area contributed by atoms with Gasteiger partial charge in [-0.15, -0.1) is 0 Å². The van der Waals surface area contributed by atoms with E-state index in [0.29, 0.717) is 34.4 Å². The zero-order valence-corrected chi connectivity index (χ0v) is 20.6. The van der Waals surface area contributed by atoms with Crippen LogP contribution in [0.1, 0.15) is 12.5 Å². The molecule has 0 aliphatic carbocycles. The molecule has 0 amide bonds. The Labute approximate surface area is 215 Å². The molecular weight excluding hydrogens is 503 g/mol. The summed E-state index contributed by atoms with van der Waals surface area (Å²) in [7, 11) is 1.86. The maximum Gasteiger partial charge on any atom is 0.416 e. The van der Waals surface area contributed by atoms with E-state index in [0.717, 1.165) is 17.8 Å². The first-order valence-corrected chi connectivity index (χ1v) is 11.8. The summed E-state index contributed by atoms with van der Waals surface area (Å²) in [6.45, 7) is 2.58. The fourth-order valence-electron chi connectivity index (χ4n) is 4.04. The second kappa shape index (κ2) is 9.40. The maximum atomic E-state index is 14.0. The van der Waals surface area contributed by atoms with E-state index in [4.69, 9.17) is 16.6 Å². The summed E-state index contributed by atoms with van der Waals surface area (Å²) in [4.78, 5) is 25.3. The third-order valence-electron chi connectivity index (χ3n) is 6.05. The molecule has 2 aromatic heterocycles. The first-order chi connectivity index (χ1) is 17.7. The minimum absolute atomic E-state index is 0.129. The van der Waals surface area contributed by atoms with Gasteiger partial charge in [-0.25, -0.2) is 9.97 Å². The second-order valence-electron chi connectivity index (χ2n) is 8.40. The summed E-state index contributed by atoms with van der Waals surface area (Å²) >= 11 is 6.06. The van der Waals surface area contributed by atoms with E-state index >= 15 is 0 Å². The zero-order chi connectivity index (χ0) is 26.3. The molecule has 5 rings (SSSR count). The molecule has 5 aromatic rings. The van der Waals surface area contributed by atoms with Gasteiger partial charge in [0.15, 0.2) is 11.2 Å². The van der Waals surface area contributed by atoms with Crippen molar-refractivity contribution in [1.82, 2.24) is 19.1 Å². The van der Waals surface area contributed by atoms with Crippen molar-refractivity contribution >= 4 is 28.7 Å². The lowest BCUT2D eigenvalue weighted by Crippen LogP contribution is -2.22. The van der Waals surface area contributed by atoms with Gasteiger partial charge < -0.3 is 4.90 Å². The largest absolute Gasteiger partial charge is 0.416 e. The van der Waals surface area contributed by atoms with E-state index in [1.807, 2.05) is 49.2 Å². The summed E-state index contributed by atoms with van der Waals surface area (Å²) in [6, 6.07) is 20.5. The third kappa shape index (κ3) is 4.46. The van der Waals surface area contributed by atoms with Gasteiger partial charge in [0.05, 0.1) is 16.9 Å². The number of rotatable bonds is 5. The Morgan fingerprint density at radius 3 is 2.08 bits per heavy atom. The Balaban J connectivity index is 1.87. The minimum atomic E-state index is -4.49. The van der Waals surface area contributed by atoms with Crippen LogP contribution in [0, 0.1) is 0 Å². The Bertz CT molecular complexity index is 1630. The number of halogens is 4. The van der Waals surface area contributed by atoms with Crippen molar-refractivity contribution in [3.05, 3.63) is 99.8 Å². The second-order valence-corrected chi connectivity index (χ2v) is 8.83. The molecule has 37 heavy (non-hydrogen) atoms. The molecule has 0 aliphatic rings. The molecule has 0 fully saturated rings. The predicted molar refractivity (Wildman–Crippen MR) is 139 cm³/mol. The number of hydrogen-bond donors (Lipinski definition) is 0. The number of fused-ring (bicyclic) bond motifs is 1. The highest BCUT2D eigenvalue weighted by molar-refractivity contribution is 6.30. The van der Waals surface area contributed by atoms with Crippen LogP contribution in [0.25, 0.3) is 33.9 Å². The normalized spacial score (nSPS) is 11.7. The smallest absolute Gasteiger partial charge is 0.345 e. The van der Waals surface area contributed by atoms with E-state index in [1.54, 1.807) is 28.8 Å². The molecular formula is C27H21ClF3N5O. The Morgan fingerprint density at radius 1 is 0.865 bits per heavy atom. The highest BCUT2D eigenvalue weighted by Crippen LogP contribution is 2.32. The number of para-hydroxylation sites is 1. The van der Waals surface area contributed by atoms with E-state index in [2.05, 4.69) is 4.98 Å². The molecule has 0 saturated carbocycles. The molecule has 0 atom stereocenters. The van der Waals surface area contributed by atoms with Gasteiger partial charge >= 0.3 is 6.18 Å². The molecule has 2 heterocycles. The lowest BCUT2D eigenvalue weighted by molar-refractivity contribution is -0.137. The lowest BCUT2D eigenvalue weighted by atomic mass is 10.1. The van der Waals surface area contributed by atoms with E-state index in [-0.39, 0.29) is 11.3 Å². The SMILES string of the molecule is CCN(C)c1nc2c(=O)n(-c3ccc(Cl)cc3)c(-c3ccc(C(F)(F)F)cc3)nc2n1-c1ccccc1. The molecule has 0 aliphatic heterocycles. The van der Waals surface area contributed by atoms with Crippen molar-refractivity contribution < 1.29 is 13.2 Å². The summed E-state index contributed by atoms with van der Waals surface area (Å²) in [6.07, 6.45) is -4.49. The van der Waals surface area contributed by atoms with E-state index < -0.39 is 17.3 Å². The van der Waals surface area contributed by atoms with Gasteiger partial charge in [0.2, 0.25) is 5.95 Å². The van der Waals surface area contributed by atoms with Gasteiger partial charge in [0, 0.05) is 24.2 Å². The quantitative estimate of drug-likeness (QED) is 0.269. The molecule has 0 spiro atoms. The van der Waals surface area contributed by atoms with Crippen molar-refractivity contribution in [2.45, 2.75) is 13.1 Å². The van der Waals surface area contributed by atoms with Gasteiger partial charge in [0.25, 0.3) is 5.56 Å². The Hall–Kier alpha value is -4.11. The summed E-state index contributed by atoms with van der Waals surface area (Å²) in [5.41, 5.74) is 0.722. The molecule has 188 valence electrons. The maximum absolute atomic E-state index is 14.0. The van der Waals surface area contributed by atoms with Crippen LogP contribution < -0.4 is 10.5 Å². The van der Waals surface area contributed by atoms with Crippen molar-refractivity contribution in [3.8, 4) is 22.8 Å². The Kier molecular flexibility index (Phi) is 6.25. The number of imidazole rings is 1. The molecule has 3 aromatic carbocycles. The average Bonchev–Trinajstić information content (AvgIpc) is 3.29. The predicted octanol–water partition coefficient (Wildman–Crippen LogP) is 6.37. The van der Waals surface area contributed by atoms with Crippen LogP contribution in [-0.4, -0.2) is 32.7 Å². The molecule has 0 N–H and O–H groups in total. The lowest BCUT2D eigenvalue weighted by Gasteiger charge is -2.18. The van der Waals surface area contributed by atoms with Gasteiger partial charge in [-0.3, -0.25) is 13.9 Å². The molecule has 0 bridgehead atoms. The van der Waals surface area contributed by atoms with Gasteiger partial charge in [0.1, 0.15) is 5.82 Å². The van der Waals surface area contributed by atoms with Crippen LogP contribution in [0.2, 0.25) is 5.02 Å². The fraction of sp³-hybridized carbons (Fsp3) is 0.148. The van der Waals surface area contributed by atoms with Crippen LogP contribution in [0.4, 0.5) is 19.1 Å². The number of benzene rings is 3. The van der Waals surface area contributed by atoms with Crippen LogP contribution in [0.15, 0.2) is 83.7 Å².